The van der Waals surface area contributed by atoms with E-state index in [9.17, 15) is 14.7 Å². The molecule has 2 aliphatic carbocycles. The van der Waals surface area contributed by atoms with Crippen LogP contribution in [0, 0.1) is 12.8 Å². The first-order valence-corrected chi connectivity index (χ1v) is 15.2. The molecular weight excluding hydrogens is 590 g/mol. The number of carboxylic acids is 1. The standard InChI is InChI=1S/C30H30BrN5O3S/c1-17-15-22-20-11-6-7-13-23(20)30(25(22)26(31)27(17)40-16-19-9-4-3-5-10-19)33-34-35-36(30)24-14-8-12-21(24)28(37)32-18(2)29(38)39/h3-7,9-11,13,15,18,21,24H,8,12,14,16H2,1-2H3,(H,32,37)(H,33,35)(H,38,39)/t18-,21?,24?,30?/m0/s1. The van der Waals surface area contributed by atoms with Crippen molar-refractivity contribution in [2.24, 2.45) is 16.3 Å². The third-order valence-corrected chi connectivity index (χ3v) is 10.5. The Balaban J connectivity index is 1.43. The van der Waals surface area contributed by atoms with Crippen molar-refractivity contribution in [3.8, 4) is 11.1 Å². The average molecular weight is 621 g/mol. The van der Waals surface area contributed by atoms with Gasteiger partial charge < -0.3 is 10.4 Å². The smallest absolute Gasteiger partial charge is 0.325 e. The fourth-order valence-corrected chi connectivity index (χ4v) is 8.41. The van der Waals surface area contributed by atoms with Gasteiger partial charge in [0.15, 0.2) is 0 Å². The Hall–Kier alpha value is -3.21. The highest BCUT2D eigenvalue weighted by molar-refractivity contribution is 9.10. The molecule has 1 spiro atoms. The molecule has 1 fully saturated rings. The fraction of sp³-hybridized carbons (Fsp3) is 0.333. The van der Waals surface area contributed by atoms with Gasteiger partial charge in [0.25, 0.3) is 0 Å². The minimum atomic E-state index is -1.05. The second kappa shape index (κ2) is 10.6. The zero-order valence-electron chi connectivity index (χ0n) is 22.2. The molecule has 0 aromatic heterocycles. The van der Waals surface area contributed by atoms with Gasteiger partial charge in [0.05, 0.1) is 5.92 Å². The summed E-state index contributed by atoms with van der Waals surface area (Å²) in [6.45, 7) is 3.63. The minimum Gasteiger partial charge on any atom is -0.480 e. The lowest BCUT2D eigenvalue weighted by molar-refractivity contribution is -0.142. The van der Waals surface area contributed by atoms with Crippen LogP contribution in [0.2, 0.25) is 0 Å². The van der Waals surface area contributed by atoms with Gasteiger partial charge in [0, 0.05) is 32.3 Å². The quantitative estimate of drug-likeness (QED) is 0.273. The van der Waals surface area contributed by atoms with Crippen molar-refractivity contribution >= 4 is 39.6 Å². The van der Waals surface area contributed by atoms with E-state index in [1.54, 1.807) is 11.8 Å². The number of amides is 1. The van der Waals surface area contributed by atoms with Crippen molar-refractivity contribution in [2.75, 3.05) is 0 Å². The van der Waals surface area contributed by atoms with E-state index in [1.165, 1.54) is 18.1 Å². The molecule has 1 amide bonds. The lowest BCUT2D eigenvalue weighted by Crippen LogP contribution is -2.56. The number of aryl methyl sites for hydroxylation is 1. The van der Waals surface area contributed by atoms with Crippen molar-refractivity contribution in [3.63, 3.8) is 0 Å². The van der Waals surface area contributed by atoms with Gasteiger partial charge in [-0.25, -0.2) is 5.53 Å². The number of thioether (sulfide) groups is 1. The van der Waals surface area contributed by atoms with Crippen LogP contribution in [0.4, 0.5) is 0 Å². The van der Waals surface area contributed by atoms with E-state index in [1.807, 2.05) is 23.2 Å². The summed E-state index contributed by atoms with van der Waals surface area (Å²) < 4.78 is 0.978. The molecule has 0 bridgehead atoms. The minimum absolute atomic E-state index is 0.233. The van der Waals surface area contributed by atoms with E-state index in [0.717, 1.165) is 50.2 Å². The van der Waals surface area contributed by atoms with Crippen molar-refractivity contribution in [1.82, 2.24) is 15.9 Å². The predicted octanol–water partition coefficient (Wildman–Crippen LogP) is 6.18. The number of fused-ring (bicyclic) bond motifs is 5. The normalized spacial score (nSPS) is 23.6. The van der Waals surface area contributed by atoms with Crippen LogP contribution < -0.4 is 10.9 Å². The van der Waals surface area contributed by atoms with E-state index in [0.29, 0.717) is 6.42 Å². The number of carbonyl (C=O) groups is 2. The van der Waals surface area contributed by atoms with Gasteiger partial charge >= 0.3 is 5.97 Å². The highest BCUT2D eigenvalue weighted by Gasteiger charge is 2.57. The fourth-order valence-electron chi connectivity index (χ4n) is 6.25. The van der Waals surface area contributed by atoms with Crippen LogP contribution in [-0.2, 0) is 21.0 Å². The topological polar surface area (TPSA) is 106 Å². The van der Waals surface area contributed by atoms with Gasteiger partial charge in [-0.1, -0.05) is 66.2 Å². The Bertz CT molecular complexity index is 1520. The summed E-state index contributed by atoms with van der Waals surface area (Å²) in [4.78, 5) is 25.9. The molecule has 1 saturated carbocycles. The number of halogens is 1. The van der Waals surface area contributed by atoms with Crippen LogP contribution in [-0.4, -0.2) is 34.1 Å². The van der Waals surface area contributed by atoms with E-state index in [2.05, 4.69) is 81.4 Å². The Morgan fingerprint density at radius 1 is 1.18 bits per heavy atom. The highest BCUT2D eigenvalue weighted by Crippen LogP contribution is 2.58. The van der Waals surface area contributed by atoms with Crippen LogP contribution >= 0.6 is 27.7 Å². The van der Waals surface area contributed by atoms with Crippen molar-refractivity contribution in [3.05, 3.63) is 87.4 Å². The van der Waals surface area contributed by atoms with E-state index >= 15 is 0 Å². The lowest BCUT2D eigenvalue weighted by atomic mass is 9.92. The Kier molecular flexibility index (Phi) is 7.18. The van der Waals surface area contributed by atoms with Crippen LogP contribution in [0.15, 0.2) is 80.4 Å². The Morgan fingerprint density at radius 2 is 1.93 bits per heavy atom. The van der Waals surface area contributed by atoms with Crippen molar-refractivity contribution in [2.45, 2.75) is 61.5 Å². The number of benzene rings is 3. The van der Waals surface area contributed by atoms with Crippen LogP contribution in [0.25, 0.3) is 11.1 Å². The summed E-state index contributed by atoms with van der Waals surface area (Å²) in [5.74, 6) is -0.881. The van der Waals surface area contributed by atoms with Gasteiger partial charge in [-0.2, -0.15) is 5.01 Å². The molecule has 206 valence electrons. The summed E-state index contributed by atoms with van der Waals surface area (Å²) in [5.41, 5.74) is 8.82. The van der Waals surface area contributed by atoms with Gasteiger partial charge in [-0.05, 0) is 70.9 Å². The number of hydrogen-bond donors (Lipinski definition) is 3. The molecule has 1 heterocycles. The summed E-state index contributed by atoms with van der Waals surface area (Å²) in [7, 11) is 0. The van der Waals surface area contributed by atoms with Gasteiger partial charge in [-0.15, -0.1) is 16.9 Å². The molecule has 3 aliphatic rings. The number of nitrogens with one attached hydrogen (secondary N) is 2. The number of hydrazine groups is 1. The SMILES string of the molecule is Cc1cc2c(c(Br)c1SCc1ccccc1)C1(N=NNN1C1CCCC1C(=O)N[C@@H](C)C(=O)O)c1ccccc1-2. The number of hydrogen-bond acceptors (Lipinski definition) is 7. The lowest BCUT2D eigenvalue weighted by Gasteiger charge is -2.39. The van der Waals surface area contributed by atoms with Gasteiger partial charge in [-0.3, -0.25) is 9.59 Å². The van der Waals surface area contributed by atoms with Gasteiger partial charge in [0.1, 0.15) is 6.04 Å². The molecule has 3 N–H and O–H groups in total. The van der Waals surface area contributed by atoms with Crippen molar-refractivity contribution < 1.29 is 14.7 Å². The average Bonchev–Trinajstić information content (AvgIpc) is 3.67. The molecule has 40 heavy (non-hydrogen) atoms. The molecule has 4 atom stereocenters. The first-order valence-electron chi connectivity index (χ1n) is 13.4. The molecule has 3 unspecified atom stereocenters. The number of carbonyl (C=O) groups excluding carboxylic acids is 1. The third-order valence-electron chi connectivity index (χ3n) is 8.15. The number of nitrogens with zero attached hydrogens (tertiary/aromatic N) is 3. The zero-order chi connectivity index (χ0) is 28.0. The second-order valence-electron chi connectivity index (χ2n) is 10.6. The largest absolute Gasteiger partial charge is 0.480 e. The molecule has 0 radical (unpaired) electrons. The molecule has 10 heteroatoms. The second-order valence-corrected chi connectivity index (χ2v) is 12.4. The maximum Gasteiger partial charge on any atom is 0.325 e. The monoisotopic (exact) mass is 619 g/mol. The number of aliphatic carboxylic acids is 1. The first kappa shape index (κ1) is 27.0. The molecule has 3 aromatic rings. The summed E-state index contributed by atoms with van der Waals surface area (Å²) >= 11 is 5.79. The van der Waals surface area contributed by atoms with Crippen LogP contribution in [0.5, 0.6) is 0 Å². The first-order chi connectivity index (χ1) is 19.3. The van der Waals surface area contributed by atoms with E-state index in [4.69, 9.17) is 5.11 Å². The van der Waals surface area contributed by atoms with Crippen LogP contribution in [0.3, 0.4) is 0 Å². The summed E-state index contributed by atoms with van der Waals surface area (Å²) in [6.07, 6.45) is 2.27. The molecule has 1 aliphatic heterocycles. The molecule has 6 rings (SSSR count). The Morgan fingerprint density at radius 3 is 2.70 bits per heavy atom. The molecule has 0 saturated heterocycles. The number of rotatable bonds is 7. The predicted molar refractivity (Wildman–Crippen MR) is 157 cm³/mol. The Labute approximate surface area is 245 Å². The summed E-state index contributed by atoms with van der Waals surface area (Å²) in [5, 5.41) is 23.3. The van der Waals surface area contributed by atoms with Crippen LogP contribution in [0.1, 0.15) is 48.4 Å². The molecule has 8 nitrogen and oxygen atoms in total. The van der Waals surface area contributed by atoms with Crippen molar-refractivity contribution in [1.29, 1.82) is 0 Å². The van der Waals surface area contributed by atoms with Gasteiger partial charge in [0.2, 0.25) is 11.6 Å². The maximum absolute atomic E-state index is 13.3. The maximum atomic E-state index is 13.3. The summed E-state index contributed by atoms with van der Waals surface area (Å²) in [6, 6.07) is 19.7. The number of carboxylic acid groups (broad SMARTS) is 1. The van der Waals surface area contributed by atoms with E-state index in [-0.39, 0.29) is 11.9 Å². The zero-order valence-corrected chi connectivity index (χ0v) is 24.6. The third kappa shape index (κ3) is 4.33. The van der Waals surface area contributed by atoms with E-state index < -0.39 is 23.6 Å². The molecular formula is C30H30BrN5O3S. The molecule has 3 aromatic carbocycles. The highest BCUT2D eigenvalue weighted by atomic mass is 79.9.